The van der Waals surface area contributed by atoms with Crippen molar-refractivity contribution in [2.75, 3.05) is 17.2 Å². The summed E-state index contributed by atoms with van der Waals surface area (Å²) in [5, 5.41) is 8.70. The lowest BCUT2D eigenvalue weighted by Gasteiger charge is -2.14. The first-order valence-electron chi connectivity index (χ1n) is 10.5. The molecule has 0 saturated carbocycles. The van der Waals surface area contributed by atoms with Gasteiger partial charge in [0.1, 0.15) is 5.75 Å². The summed E-state index contributed by atoms with van der Waals surface area (Å²) in [7, 11) is 0. The van der Waals surface area contributed by atoms with Crippen LogP contribution in [0.1, 0.15) is 50.9 Å². The molecule has 0 radical (unpaired) electrons. The molecule has 166 valence electrons. The van der Waals surface area contributed by atoms with Gasteiger partial charge in [0, 0.05) is 17.8 Å². The summed E-state index contributed by atoms with van der Waals surface area (Å²) in [5.74, 6) is 0.994. The van der Waals surface area contributed by atoms with Gasteiger partial charge in [-0.15, -0.1) is 0 Å². The van der Waals surface area contributed by atoms with Gasteiger partial charge in [-0.1, -0.05) is 39.8 Å². The topological polar surface area (TPSA) is 79.5 Å². The Morgan fingerprint density at radius 2 is 1.52 bits per heavy atom. The first-order valence-corrected chi connectivity index (χ1v) is 10.9. The predicted molar refractivity (Wildman–Crippen MR) is 130 cm³/mol. The van der Waals surface area contributed by atoms with Gasteiger partial charge >= 0.3 is 0 Å². The highest BCUT2D eigenvalue weighted by Crippen LogP contribution is 2.19. The summed E-state index contributed by atoms with van der Waals surface area (Å²) in [4.78, 5) is 24.5. The third-order valence-electron chi connectivity index (χ3n) is 4.33. The van der Waals surface area contributed by atoms with Gasteiger partial charge in [0.2, 0.25) is 5.91 Å². The first-order chi connectivity index (χ1) is 14.7. The Bertz CT molecular complexity index is 895. The fourth-order valence-electron chi connectivity index (χ4n) is 2.74. The second-order valence-corrected chi connectivity index (χ2v) is 8.57. The smallest absolute Gasteiger partial charge is 0.261 e. The third kappa shape index (κ3) is 8.76. The van der Waals surface area contributed by atoms with Gasteiger partial charge in [0.05, 0.1) is 12.2 Å². The fourth-order valence-corrected chi connectivity index (χ4v) is 2.95. The van der Waals surface area contributed by atoms with Gasteiger partial charge in [-0.05, 0) is 66.9 Å². The molecule has 0 spiro atoms. The molecule has 0 bridgehead atoms. The molecule has 0 saturated heterocycles. The molecule has 2 aromatic carbocycles. The highest BCUT2D eigenvalue weighted by atomic mass is 32.1. The van der Waals surface area contributed by atoms with E-state index in [1.807, 2.05) is 19.9 Å². The lowest BCUT2D eigenvalue weighted by molar-refractivity contribution is -0.116. The summed E-state index contributed by atoms with van der Waals surface area (Å²) in [6, 6.07) is 14.2. The van der Waals surface area contributed by atoms with Crippen molar-refractivity contribution in [3.63, 3.8) is 0 Å². The number of thiocarbonyl (C=S) groups is 1. The average Bonchev–Trinajstić information content (AvgIpc) is 2.69. The summed E-state index contributed by atoms with van der Waals surface area (Å²) < 4.78 is 5.78. The van der Waals surface area contributed by atoms with Gasteiger partial charge in [-0.3, -0.25) is 14.9 Å². The quantitative estimate of drug-likeness (QED) is 0.465. The minimum Gasteiger partial charge on any atom is -0.493 e. The van der Waals surface area contributed by atoms with Crippen LogP contribution in [0.3, 0.4) is 0 Å². The van der Waals surface area contributed by atoms with Crippen LogP contribution in [0.25, 0.3) is 0 Å². The van der Waals surface area contributed by atoms with Crippen molar-refractivity contribution in [2.45, 2.75) is 40.5 Å². The summed E-state index contributed by atoms with van der Waals surface area (Å²) in [5.41, 5.74) is 1.84. The van der Waals surface area contributed by atoms with E-state index >= 15 is 0 Å². The highest BCUT2D eigenvalue weighted by Gasteiger charge is 2.14. The molecule has 0 unspecified atom stereocenters. The molecule has 2 rings (SSSR count). The van der Waals surface area contributed by atoms with Gasteiger partial charge in [0.15, 0.2) is 5.11 Å². The molecule has 0 aliphatic heterocycles. The molecule has 2 aromatic rings. The summed E-state index contributed by atoms with van der Waals surface area (Å²) in [6.07, 6.45) is 1.38. The summed E-state index contributed by atoms with van der Waals surface area (Å²) >= 11 is 5.27. The Morgan fingerprint density at radius 3 is 2.13 bits per heavy atom. The molecular weight excluding hydrogens is 410 g/mol. The van der Waals surface area contributed by atoms with Crippen LogP contribution in [0.15, 0.2) is 48.5 Å². The molecule has 7 heteroatoms. The van der Waals surface area contributed by atoms with E-state index in [0.29, 0.717) is 47.6 Å². The number of carbonyl (C=O) groups is 2. The Hall–Kier alpha value is -2.93. The summed E-state index contributed by atoms with van der Waals surface area (Å²) in [6.45, 7) is 8.79. The minimum absolute atomic E-state index is 0.0206. The molecule has 6 nitrogen and oxygen atoms in total. The van der Waals surface area contributed by atoms with Crippen LogP contribution in [-0.4, -0.2) is 23.5 Å². The molecule has 0 aromatic heterocycles. The van der Waals surface area contributed by atoms with Crippen LogP contribution in [0.2, 0.25) is 0 Å². The maximum atomic E-state index is 12.7. The van der Waals surface area contributed by atoms with E-state index in [4.69, 9.17) is 17.0 Å². The van der Waals surface area contributed by atoms with Crippen LogP contribution < -0.4 is 20.7 Å². The number of hydrogen-bond donors (Lipinski definition) is 3. The molecule has 0 fully saturated rings. The van der Waals surface area contributed by atoms with E-state index in [0.717, 1.165) is 6.42 Å². The van der Waals surface area contributed by atoms with Gasteiger partial charge in [0.25, 0.3) is 5.91 Å². The molecule has 0 atom stereocenters. The fraction of sp³-hybridized carbons (Fsp3) is 0.375. The lowest BCUT2D eigenvalue weighted by atomic mass is 10.1. The third-order valence-corrected chi connectivity index (χ3v) is 4.54. The maximum absolute atomic E-state index is 12.7. The van der Waals surface area contributed by atoms with Crippen LogP contribution in [0.4, 0.5) is 11.4 Å². The molecular formula is C24H31N3O3S. The van der Waals surface area contributed by atoms with Crippen LogP contribution in [-0.2, 0) is 4.79 Å². The number of para-hydroxylation sites is 1. The number of rotatable bonds is 9. The highest BCUT2D eigenvalue weighted by molar-refractivity contribution is 7.80. The van der Waals surface area contributed by atoms with Crippen molar-refractivity contribution in [3.05, 3.63) is 54.1 Å². The number of nitrogens with one attached hydrogen (secondary N) is 3. The Labute approximate surface area is 189 Å². The van der Waals surface area contributed by atoms with Crippen LogP contribution in [0, 0.1) is 11.8 Å². The van der Waals surface area contributed by atoms with E-state index in [-0.39, 0.29) is 16.9 Å². The zero-order valence-electron chi connectivity index (χ0n) is 18.5. The number of anilines is 2. The molecule has 0 aliphatic carbocycles. The van der Waals surface area contributed by atoms with E-state index < -0.39 is 0 Å². The van der Waals surface area contributed by atoms with Gasteiger partial charge in [-0.25, -0.2) is 0 Å². The van der Waals surface area contributed by atoms with E-state index in [2.05, 4.69) is 29.8 Å². The number of amides is 2. The van der Waals surface area contributed by atoms with Crippen molar-refractivity contribution in [3.8, 4) is 5.75 Å². The number of benzene rings is 2. The second kappa shape index (κ2) is 12.1. The van der Waals surface area contributed by atoms with Crippen molar-refractivity contribution in [2.24, 2.45) is 11.8 Å². The Balaban J connectivity index is 1.91. The average molecular weight is 442 g/mol. The van der Waals surface area contributed by atoms with Crippen LogP contribution >= 0.6 is 12.2 Å². The van der Waals surface area contributed by atoms with Crippen molar-refractivity contribution >= 4 is 40.5 Å². The van der Waals surface area contributed by atoms with Gasteiger partial charge in [-0.2, -0.15) is 0 Å². The Kier molecular flexibility index (Phi) is 9.46. The monoisotopic (exact) mass is 441 g/mol. The minimum atomic E-state index is -0.338. The number of ether oxygens (including phenoxy) is 1. The lowest BCUT2D eigenvalue weighted by Crippen LogP contribution is -2.34. The zero-order chi connectivity index (χ0) is 22.8. The molecule has 31 heavy (non-hydrogen) atoms. The standard InChI is InChI=1S/C24H31N3O3S/c1-16(2)13-14-30-21-8-6-5-7-20(21)23(29)27-24(31)26-19-11-9-18(10-12-19)25-22(28)15-17(3)4/h5-12,16-17H,13-15H2,1-4H3,(H,25,28)(H2,26,27,29,31). The second-order valence-electron chi connectivity index (χ2n) is 8.16. The van der Waals surface area contributed by atoms with Crippen molar-refractivity contribution in [1.82, 2.24) is 5.32 Å². The van der Waals surface area contributed by atoms with Crippen molar-refractivity contribution in [1.29, 1.82) is 0 Å². The molecule has 0 heterocycles. The van der Waals surface area contributed by atoms with Crippen molar-refractivity contribution < 1.29 is 14.3 Å². The number of hydrogen-bond acceptors (Lipinski definition) is 4. The normalized spacial score (nSPS) is 10.6. The van der Waals surface area contributed by atoms with E-state index in [9.17, 15) is 9.59 Å². The van der Waals surface area contributed by atoms with Gasteiger partial charge < -0.3 is 15.4 Å². The number of carbonyl (C=O) groups excluding carboxylic acids is 2. The molecule has 2 amide bonds. The van der Waals surface area contributed by atoms with Crippen LogP contribution in [0.5, 0.6) is 5.75 Å². The maximum Gasteiger partial charge on any atom is 0.261 e. The Morgan fingerprint density at radius 1 is 0.903 bits per heavy atom. The molecule has 3 N–H and O–H groups in total. The largest absolute Gasteiger partial charge is 0.493 e. The van der Waals surface area contributed by atoms with E-state index in [1.165, 1.54) is 0 Å². The first kappa shape index (κ1) is 24.3. The van der Waals surface area contributed by atoms with E-state index in [1.54, 1.807) is 42.5 Å². The molecule has 0 aliphatic rings. The SMILES string of the molecule is CC(C)CCOc1ccccc1C(=O)NC(=S)Nc1ccc(NC(=O)CC(C)C)cc1. The predicted octanol–water partition coefficient (Wildman–Crippen LogP) is 5.22. The zero-order valence-corrected chi connectivity index (χ0v) is 19.3.